The maximum Gasteiger partial charge on any atom is 0.387 e. The van der Waals surface area contributed by atoms with Crippen molar-refractivity contribution in [1.29, 1.82) is 0 Å². The zero-order valence-electron chi connectivity index (χ0n) is 15.7. The Kier molecular flexibility index (Phi) is 6.81. The number of anilines is 1. The molecule has 2 aromatic rings. The lowest BCUT2D eigenvalue weighted by molar-refractivity contribution is -0.0493. The normalized spacial score (nSPS) is 15.7. The van der Waals surface area contributed by atoms with Gasteiger partial charge in [-0.2, -0.15) is 13.1 Å². The van der Waals surface area contributed by atoms with E-state index in [0.29, 0.717) is 13.1 Å². The summed E-state index contributed by atoms with van der Waals surface area (Å²) in [6, 6.07) is 11.4. The number of carbonyl (C=O) groups excluding carboxylic acids is 1. The Morgan fingerprint density at radius 1 is 0.966 bits per heavy atom. The van der Waals surface area contributed by atoms with Gasteiger partial charge in [-0.05, 0) is 49.2 Å². The van der Waals surface area contributed by atoms with Gasteiger partial charge in [0.05, 0.1) is 10.6 Å². The lowest BCUT2D eigenvalue weighted by atomic mass is 10.2. The van der Waals surface area contributed by atoms with E-state index in [0.717, 1.165) is 25.7 Å². The zero-order chi connectivity index (χ0) is 20.9. The number of carbonyl (C=O) groups is 1. The molecule has 1 amide bonds. The molecule has 3 rings (SSSR count). The molecule has 1 aliphatic heterocycles. The van der Waals surface area contributed by atoms with Gasteiger partial charge >= 0.3 is 6.61 Å². The fourth-order valence-corrected chi connectivity index (χ4v) is 4.69. The highest BCUT2D eigenvalue weighted by molar-refractivity contribution is 7.89. The molecule has 0 aliphatic carbocycles. The highest BCUT2D eigenvalue weighted by Gasteiger charge is 2.25. The number of hydrogen-bond donors (Lipinski definition) is 1. The maximum atomic E-state index is 12.8. The number of hydrogen-bond acceptors (Lipinski definition) is 4. The van der Waals surface area contributed by atoms with E-state index in [1.54, 1.807) is 6.07 Å². The third-order valence-electron chi connectivity index (χ3n) is 4.67. The predicted molar refractivity (Wildman–Crippen MR) is 105 cm³/mol. The standard InChI is InChI=1S/C20H22F2N2O4S/c21-20(22)28-18-8-4-3-7-17(18)23-19(25)15-9-11-16(12-10-15)29(26,27)24-13-5-1-2-6-14-24/h3-4,7-12,20H,1-2,5-6,13-14H2,(H,23,25). The molecule has 0 unspecified atom stereocenters. The zero-order valence-corrected chi connectivity index (χ0v) is 16.5. The molecule has 0 aromatic heterocycles. The van der Waals surface area contributed by atoms with Gasteiger partial charge in [-0.1, -0.05) is 25.0 Å². The number of sulfonamides is 1. The van der Waals surface area contributed by atoms with Gasteiger partial charge in [0, 0.05) is 18.7 Å². The first-order chi connectivity index (χ1) is 13.9. The van der Waals surface area contributed by atoms with Crippen LogP contribution in [-0.4, -0.2) is 38.3 Å². The van der Waals surface area contributed by atoms with Crippen molar-refractivity contribution in [3.8, 4) is 5.75 Å². The fourth-order valence-electron chi connectivity index (χ4n) is 3.17. The third kappa shape index (κ3) is 5.30. The van der Waals surface area contributed by atoms with E-state index in [1.165, 1.54) is 46.8 Å². The first-order valence-electron chi connectivity index (χ1n) is 9.33. The summed E-state index contributed by atoms with van der Waals surface area (Å²) in [6.07, 6.45) is 3.70. The number of ether oxygens (including phenoxy) is 1. The van der Waals surface area contributed by atoms with Gasteiger partial charge in [-0.3, -0.25) is 4.79 Å². The molecule has 0 bridgehead atoms. The topological polar surface area (TPSA) is 75.7 Å². The molecule has 6 nitrogen and oxygen atoms in total. The molecule has 2 aromatic carbocycles. The van der Waals surface area contributed by atoms with Gasteiger partial charge in [0.15, 0.2) is 0 Å². The molecule has 1 aliphatic rings. The van der Waals surface area contributed by atoms with Crippen molar-refractivity contribution >= 4 is 21.6 Å². The van der Waals surface area contributed by atoms with Crippen LogP contribution in [0.3, 0.4) is 0 Å². The molecular weight excluding hydrogens is 402 g/mol. The maximum absolute atomic E-state index is 12.8. The largest absolute Gasteiger partial charge is 0.433 e. The Morgan fingerprint density at radius 2 is 1.59 bits per heavy atom. The molecule has 1 saturated heterocycles. The van der Waals surface area contributed by atoms with E-state index in [2.05, 4.69) is 10.1 Å². The average molecular weight is 424 g/mol. The SMILES string of the molecule is O=C(Nc1ccccc1OC(F)F)c1ccc(S(=O)(=O)N2CCCCCC2)cc1. The molecule has 1 heterocycles. The molecular formula is C20H22F2N2O4S. The number of nitrogens with one attached hydrogen (secondary N) is 1. The minimum absolute atomic E-state index is 0.0964. The van der Waals surface area contributed by atoms with Crippen molar-refractivity contribution in [3.05, 3.63) is 54.1 Å². The van der Waals surface area contributed by atoms with E-state index >= 15 is 0 Å². The van der Waals surface area contributed by atoms with Crippen LogP contribution < -0.4 is 10.1 Å². The number of para-hydroxylation sites is 2. The fraction of sp³-hybridized carbons (Fsp3) is 0.350. The summed E-state index contributed by atoms with van der Waals surface area (Å²) in [5.74, 6) is -0.717. The Bertz CT molecular complexity index is 941. The van der Waals surface area contributed by atoms with E-state index in [1.807, 2.05) is 0 Å². The van der Waals surface area contributed by atoms with Crippen LogP contribution in [0.1, 0.15) is 36.0 Å². The van der Waals surface area contributed by atoms with Crippen LogP contribution in [0.25, 0.3) is 0 Å². The molecule has 0 atom stereocenters. The van der Waals surface area contributed by atoms with Crippen molar-refractivity contribution in [2.75, 3.05) is 18.4 Å². The van der Waals surface area contributed by atoms with Crippen LogP contribution in [0.2, 0.25) is 0 Å². The second kappa shape index (κ2) is 9.32. The Labute approximate surface area is 168 Å². The van der Waals surface area contributed by atoms with Crippen LogP contribution in [-0.2, 0) is 10.0 Å². The average Bonchev–Trinajstić information content (AvgIpc) is 2.99. The van der Waals surface area contributed by atoms with E-state index < -0.39 is 22.5 Å². The molecule has 1 N–H and O–H groups in total. The highest BCUT2D eigenvalue weighted by atomic mass is 32.2. The number of halogens is 2. The molecule has 9 heteroatoms. The number of benzene rings is 2. The number of rotatable bonds is 6. The van der Waals surface area contributed by atoms with Crippen LogP contribution in [0.4, 0.5) is 14.5 Å². The van der Waals surface area contributed by atoms with Crippen molar-refractivity contribution in [3.63, 3.8) is 0 Å². The van der Waals surface area contributed by atoms with Crippen LogP contribution >= 0.6 is 0 Å². The van der Waals surface area contributed by atoms with Gasteiger partial charge in [-0.25, -0.2) is 8.42 Å². The van der Waals surface area contributed by atoms with Crippen molar-refractivity contribution in [1.82, 2.24) is 4.31 Å². The van der Waals surface area contributed by atoms with Crippen molar-refractivity contribution in [2.45, 2.75) is 37.2 Å². The van der Waals surface area contributed by atoms with Gasteiger partial charge in [0.25, 0.3) is 5.91 Å². The lowest BCUT2D eigenvalue weighted by Gasteiger charge is -2.20. The summed E-state index contributed by atoms with van der Waals surface area (Å²) < 4.78 is 56.5. The summed E-state index contributed by atoms with van der Waals surface area (Å²) >= 11 is 0. The number of amides is 1. The van der Waals surface area contributed by atoms with Gasteiger partial charge in [-0.15, -0.1) is 0 Å². The minimum Gasteiger partial charge on any atom is -0.433 e. The summed E-state index contributed by atoms with van der Waals surface area (Å²) in [5, 5.41) is 2.50. The van der Waals surface area contributed by atoms with E-state index in [9.17, 15) is 22.0 Å². The third-order valence-corrected chi connectivity index (χ3v) is 6.58. The molecule has 0 spiro atoms. The molecule has 0 radical (unpaired) electrons. The van der Waals surface area contributed by atoms with Crippen LogP contribution in [0, 0.1) is 0 Å². The smallest absolute Gasteiger partial charge is 0.387 e. The second-order valence-corrected chi connectivity index (χ2v) is 8.61. The quantitative estimate of drug-likeness (QED) is 0.757. The van der Waals surface area contributed by atoms with Gasteiger partial charge < -0.3 is 10.1 Å². The predicted octanol–water partition coefficient (Wildman–Crippen LogP) is 4.11. The summed E-state index contributed by atoms with van der Waals surface area (Å²) in [5.41, 5.74) is 0.297. The van der Waals surface area contributed by atoms with Crippen molar-refractivity contribution < 1.29 is 26.7 Å². The molecule has 29 heavy (non-hydrogen) atoms. The van der Waals surface area contributed by atoms with Gasteiger partial charge in [0.1, 0.15) is 5.75 Å². The van der Waals surface area contributed by atoms with Crippen molar-refractivity contribution in [2.24, 2.45) is 0 Å². The lowest BCUT2D eigenvalue weighted by Crippen LogP contribution is -2.31. The Hall–Kier alpha value is -2.52. The highest BCUT2D eigenvalue weighted by Crippen LogP contribution is 2.26. The summed E-state index contributed by atoms with van der Waals surface area (Å²) in [6.45, 7) is -2.03. The Morgan fingerprint density at radius 3 is 2.21 bits per heavy atom. The molecule has 156 valence electrons. The number of nitrogens with zero attached hydrogens (tertiary/aromatic N) is 1. The molecule has 1 fully saturated rings. The van der Waals surface area contributed by atoms with Crippen LogP contribution in [0.5, 0.6) is 5.75 Å². The van der Waals surface area contributed by atoms with E-state index in [4.69, 9.17) is 0 Å². The number of alkyl halides is 2. The summed E-state index contributed by atoms with van der Waals surface area (Å²) in [7, 11) is -3.61. The summed E-state index contributed by atoms with van der Waals surface area (Å²) in [4.78, 5) is 12.6. The Balaban J connectivity index is 1.74. The second-order valence-electron chi connectivity index (χ2n) is 6.67. The molecule has 0 saturated carbocycles. The minimum atomic E-state index is -3.61. The van der Waals surface area contributed by atoms with Crippen LogP contribution in [0.15, 0.2) is 53.4 Å². The first-order valence-corrected chi connectivity index (χ1v) is 10.8. The van der Waals surface area contributed by atoms with E-state index in [-0.39, 0.29) is 21.9 Å². The van der Waals surface area contributed by atoms with Gasteiger partial charge in [0.2, 0.25) is 10.0 Å². The monoisotopic (exact) mass is 424 g/mol. The first kappa shape index (κ1) is 21.2.